The van der Waals surface area contributed by atoms with Crippen molar-refractivity contribution in [1.82, 2.24) is 14.9 Å². The summed E-state index contributed by atoms with van der Waals surface area (Å²) in [6, 6.07) is 13.7. The number of benzene rings is 2. The number of aliphatic hydroxyl groups excluding tert-OH is 1. The maximum absolute atomic E-state index is 12.7. The van der Waals surface area contributed by atoms with Crippen molar-refractivity contribution in [2.75, 3.05) is 11.5 Å². The van der Waals surface area contributed by atoms with E-state index in [2.05, 4.69) is 22.1 Å². The Morgan fingerprint density at radius 2 is 1.93 bits per heavy atom. The molecule has 1 aromatic heterocycles. The summed E-state index contributed by atoms with van der Waals surface area (Å²) in [5, 5.41) is 12.5. The Hall–Kier alpha value is -3.41. The lowest BCUT2D eigenvalue weighted by atomic mass is 10.1. The monoisotopic (exact) mass is 421 g/mol. The normalized spacial score (nSPS) is 19.6. The number of aliphatic hydroxyl groups is 1. The Kier molecular flexibility index (Phi) is 5.40. The molecule has 2 N–H and O–H groups in total. The molecule has 0 spiro atoms. The Morgan fingerprint density at radius 1 is 1.13 bits per heavy atom. The van der Waals surface area contributed by atoms with E-state index in [-0.39, 0.29) is 11.5 Å². The Bertz CT molecular complexity index is 1230. The van der Waals surface area contributed by atoms with Gasteiger partial charge in [0.15, 0.2) is 9.84 Å². The molecule has 30 heavy (non-hydrogen) atoms. The number of hydrogen-bond donors (Lipinski definition) is 2. The minimum Gasteiger partial charge on any atom is -0.390 e. The topological polar surface area (TPSA) is 101 Å². The molecule has 0 bridgehead atoms. The van der Waals surface area contributed by atoms with Crippen molar-refractivity contribution in [3.63, 3.8) is 0 Å². The fourth-order valence-electron chi connectivity index (χ4n) is 3.28. The lowest BCUT2D eigenvalue weighted by Crippen LogP contribution is -2.42. The molecule has 2 atom stereocenters. The summed E-state index contributed by atoms with van der Waals surface area (Å²) in [7, 11) is -3.35. The molecule has 2 aromatic carbocycles. The van der Waals surface area contributed by atoms with Crippen molar-refractivity contribution >= 4 is 15.7 Å². The summed E-state index contributed by atoms with van der Waals surface area (Å²) in [5.74, 6) is 5.12. The van der Waals surface area contributed by atoms with E-state index in [9.17, 15) is 18.3 Å². The van der Waals surface area contributed by atoms with Crippen molar-refractivity contribution in [1.29, 1.82) is 0 Å². The molecule has 1 saturated heterocycles. The predicted molar refractivity (Wildman–Crippen MR) is 112 cm³/mol. The molecule has 4 rings (SSSR count). The molecule has 8 heteroatoms. The second-order valence-electron chi connectivity index (χ2n) is 7.04. The molecule has 0 aliphatic carbocycles. The van der Waals surface area contributed by atoms with E-state index in [1.54, 1.807) is 41.5 Å². The average Bonchev–Trinajstić information content (AvgIpc) is 3.34. The molecule has 0 unspecified atom stereocenters. The van der Waals surface area contributed by atoms with Crippen LogP contribution in [0.4, 0.5) is 0 Å². The lowest BCUT2D eigenvalue weighted by Gasteiger charge is -2.15. The third kappa shape index (κ3) is 4.43. The Morgan fingerprint density at radius 3 is 2.60 bits per heavy atom. The van der Waals surface area contributed by atoms with Crippen LogP contribution in [-0.2, 0) is 9.84 Å². The molecular formula is C22H19N3O4S. The van der Waals surface area contributed by atoms with Crippen molar-refractivity contribution in [2.24, 2.45) is 0 Å². The quantitative estimate of drug-likeness (QED) is 0.618. The van der Waals surface area contributed by atoms with Gasteiger partial charge in [0, 0.05) is 29.1 Å². The van der Waals surface area contributed by atoms with E-state index >= 15 is 0 Å². The third-order valence-electron chi connectivity index (χ3n) is 4.80. The van der Waals surface area contributed by atoms with Crippen molar-refractivity contribution < 1.29 is 18.3 Å². The highest BCUT2D eigenvalue weighted by molar-refractivity contribution is 7.91. The molecule has 152 valence electrons. The Labute approximate surface area is 174 Å². The predicted octanol–water partition coefficient (Wildman–Crippen LogP) is 1.16. The Balaban J connectivity index is 1.65. The third-order valence-corrected chi connectivity index (χ3v) is 6.51. The van der Waals surface area contributed by atoms with E-state index in [1.165, 1.54) is 0 Å². The summed E-state index contributed by atoms with van der Waals surface area (Å²) in [4.78, 5) is 16.8. The summed E-state index contributed by atoms with van der Waals surface area (Å²) in [6.45, 7) is 0. The molecule has 2 heterocycles. The van der Waals surface area contributed by atoms with Gasteiger partial charge in [0.05, 0.1) is 35.7 Å². The van der Waals surface area contributed by atoms with Gasteiger partial charge in [0.25, 0.3) is 5.91 Å². The van der Waals surface area contributed by atoms with Crippen LogP contribution in [0.3, 0.4) is 0 Å². The average molecular weight is 421 g/mol. The first-order valence-electron chi connectivity index (χ1n) is 9.30. The van der Waals surface area contributed by atoms with E-state index in [0.717, 1.165) is 11.3 Å². The molecule has 1 aliphatic heterocycles. The molecule has 0 radical (unpaired) electrons. The van der Waals surface area contributed by atoms with E-state index < -0.39 is 27.9 Å². The maximum atomic E-state index is 12.7. The first-order valence-corrected chi connectivity index (χ1v) is 11.1. The molecule has 0 saturated carbocycles. The van der Waals surface area contributed by atoms with Gasteiger partial charge in [-0.2, -0.15) is 0 Å². The van der Waals surface area contributed by atoms with Crippen LogP contribution in [0.15, 0.2) is 67.3 Å². The molecule has 3 aromatic rings. The van der Waals surface area contributed by atoms with Gasteiger partial charge in [-0.1, -0.05) is 30.0 Å². The lowest BCUT2D eigenvalue weighted by molar-refractivity contribution is 0.0888. The molecule has 1 aliphatic rings. The minimum absolute atomic E-state index is 0.270. The van der Waals surface area contributed by atoms with Gasteiger partial charge in [0.2, 0.25) is 0 Å². The molecule has 1 fully saturated rings. The van der Waals surface area contributed by atoms with Crippen LogP contribution in [0.2, 0.25) is 0 Å². The van der Waals surface area contributed by atoms with Crippen LogP contribution < -0.4 is 5.32 Å². The van der Waals surface area contributed by atoms with Crippen LogP contribution >= 0.6 is 0 Å². The van der Waals surface area contributed by atoms with Gasteiger partial charge >= 0.3 is 0 Å². The van der Waals surface area contributed by atoms with Crippen LogP contribution in [0.25, 0.3) is 5.69 Å². The zero-order valence-corrected chi connectivity index (χ0v) is 16.7. The SMILES string of the molecule is O=C(N[C@H]1CS(=O)(=O)C[C@H]1O)c1ccc(-n2ccnc2)c(C#Cc2ccccc2)c1. The zero-order chi connectivity index (χ0) is 21.1. The van der Waals surface area contributed by atoms with Gasteiger partial charge in [-0.25, -0.2) is 13.4 Å². The van der Waals surface area contributed by atoms with Gasteiger partial charge in [-0.3, -0.25) is 4.79 Å². The molecule has 1 amide bonds. The van der Waals surface area contributed by atoms with E-state index in [4.69, 9.17) is 0 Å². The number of hydrogen-bond acceptors (Lipinski definition) is 5. The maximum Gasteiger partial charge on any atom is 0.251 e. The number of carbonyl (C=O) groups is 1. The highest BCUT2D eigenvalue weighted by atomic mass is 32.2. The number of aromatic nitrogens is 2. The van der Waals surface area contributed by atoms with E-state index in [0.29, 0.717) is 11.1 Å². The fraction of sp³-hybridized carbons (Fsp3) is 0.182. The second kappa shape index (κ2) is 8.14. The minimum atomic E-state index is -3.35. The molecular weight excluding hydrogens is 402 g/mol. The summed E-state index contributed by atoms with van der Waals surface area (Å²) in [6.07, 6.45) is 3.96. The van der Waals surface area contributed by atoms with Crippen molar-refractivity contribution in [3.05, 3.63) is 83.9 Å². The number of carbonyl (C=O) groups excluding carboxylic acids is 1. The van der Waals surface area contributed by atoms with Crippen molar-refractivity contribution in [3.8, 4) is 17.5 Å². The highest BCUT2D eigenvalue weighted by Gasteiger charge is 2.37. The number of nitrogens with zero attached hydrogens (tertiary/aromatic N) is 2. The second-order valence-corrected chi connectivity index (χ2v) is 9.20. The first-order chi connectivity index (χ1) is 14.4. The standard InChI is InChI=1S/C22H19N3O4S/c26-21-14-30(28,29)13-19(21)24-22(27)18-8-9-20(25-11-10-23-15-25)17(12-18)7-6-16-4-2-1-3-5-16/h1-5,8-12,15,19,21,26H,13-14H2,(H,24,27)/t19-,21+/m0/s1. The summed E-state index contributed by atoms with van der Waals surface area (Å²) >= 11 is 0. The van der Waals surface area contributed by atoms with Gasteiger partial charge < -0.3 is 15.0 Å². The fourth-order valence-corrected chi connectivity index (χ4v) is 5.03. The van der Waals surface area contributed by atoms with Gasteiger partial charge in [-0.15, -0.1) is 0 Å². The number of sulfone groups is 1. The van der Waals surface area contributed by atoms with Crippen molar-refractivity contribution in [2.45, 2.75) is 12.1 Å². The number of nitrogens with one attached hydrogen (secondary N) is 1. The number of imidazole rings is 1. The first kappa shape index (κ1) is 19.9. The van der Waals surface area contributed by atoms with E-state index in [1.807, 2.05) is 30.3 Å². The van der Waals surface area contributed by atoms with Crippen LogP contribution in [0.5, 0.6) is 0 Å². The zero-order valence-electron chi connectivity index (χ0n) is 15.9. The molecule has 7 nitrogen and oxygen atoms in total. The van der Waals surface area contributed by atoms with Crippen LogP contribution in [0.1, 0.15) is 21.5 Å². The van der Waals surface area contributed by atoms with Gasteiger partial charge in [0.1, 0.15) is 0 Å². The van der Waals surface area contributed by atoms with Gasteiger partial charge in [-0.05, 0) is 30.3 Å². The van der Waals surface area contributed by atoms with Crippen LogP contribution in [-0.4, -0.2) is 52.6 Å². The van der Waals surface area contributed by atoms with Crippen LogP contribution in [0, 0.1) is 11.8 Å². The summed E-state index contributed by atoms with van der Waals surface area (Å²) < 4.78 is 25.2. The smallest absolute Gasteiger partial charge is 0.251 e. The summed E-state index contributed by atoms with van der Waals surface area (Å²) in [5.41, 5.74) is 2.54. The largest absolute Gasteiger partial charge is 0.390 e. The number of rotatable bonds is 3. The highest BCUT2D eigenvalue weighted by Crippen LogP contribution is 2.18. The number of amides is 1.